The van der Waals surface area contributed by atoms with Gasteiger partial charge in [-0.05, 0) is 32.4 Å². The highest BCUT2D eigenvalue weighted by atomic mass is 19.1. The smallest absolute Gasteiger partial charge is 0.347 e. The summed E-state index contributed by atoms with van der Waals surface area (Å²) in [5.74, 6) is -1.31. The second-order valence-electron chi connectivity index (χ2n) is 3.96. The highest BCUT2D eigenvalue weighted by Crippen LogP contribution is 2.19. The van der Waals surface area contributed by atoms with Crippen molar-refractivity contribution in [3.8, 4) is 5.75 Å². The van der Waals surface area contributed by atoms with E-state index in [0.29, 0.717) is 6.42 Å². The third-order valence-electron chi connectivity index (χ3n) is 2.52. The van der Waals surface area contributed by atoms with Crippen LogP contribution in [0.4, 0.5) is 4.39 Å². The normalized spacial score (nSPS) is 11.8. The zero-order chi connectivity index (χ0) is 14.4. The van der Waals surface area contributed by atoms with Crippen LogP contribution in [0.5, 0.6) is 5.75 Å². The Hall–Kier alpha value is -1.91. The van der Waals surface area contributed by atoms with Crippen LogP contribution in [-0.4, -0.2) is 24.5 Å². The predicted octanol–water partition coefficient (Wildman–Crippen LogP) is 2.75. The molecule has 0 aliphatic heterocycles. The van der Waals surface area contributed by atoms with Gasteiger partial charge < -0.3 is 9.47 Å². The minimum atomic E-state index is -0.775. The summed E-state index contributed by atoms with van der Waals surface area (Å²) in [6.07, 6.45) is -0.364. The Balaban J connectivity index is 2.84. The molecule has 0 aliphatic carbocycles. The largest absolute Gasteiger partial charge is 0.479 e. The molecule has 0 heterocycles. The molecular weight excluding hydrogens is 251 g/mol. The molecule has 1 atom stereocenters. The highest BCUT2D eigenvalue weighted by molar-refractivity contribution is 5.94. The zero-order valence-electron chi connectivity index (χ0n) is 11.2. The number of carbonyl (C=O) groups is 2. The fourth-order valence-corrected chi connectivity index (χ4v) is 1.55. The fourth-order valence-electron chi connectivity index (χ4n) is 1.55. The van der Waals surface area contributed by atoms with E-state index in [4.69, 9.17) is 9.47 Å². The first kappa shape index (κ1) is 15.1. The van der Waals surface area contributed by atoms with Crippen LogP contribution in [-0.2, 0) is 9.53 Å². The Labute approximate surface area is 111 Å². The van der Waals surface area contributed by atoms with E-state index in [0.717, 1.165) is 6.07 Å². The standard InChI is InChI=1S/C14H17FO4/c1-4-13(14(17)18-5-2)19-10-6-7-11(9(3)16)12(15)8-10/h6-8,13H,4-5H2,1-3H3. The van der Waals surface area contributed by atoms with Gasteiger partial charge in [0.1, 0.15) is 11.6 Å². The van der Waals surface area contributed by atoms with Gasteiger partial charge in [-0.15, -0.1) is 0 Å². The summed E-state index contributed by atoms with van der Waals surface area (Å²) in [5.41, 5.74) is -0.00321. The molecule has 0 saturated carbocycles. The van der Waals surface area contributed by atoms with Crippen LogP contribution >= 0.6 is 0 Å². The number of carbonyl (C=O) groups excluding carboxylic acids is 2. The van der Waals surface area contributed by atoms with E-state index >= 15 is 0 Å². The lowest BCUT2D eigenvalue weighted by atomic mass is 10.1. The molecule has 0 fully saturated rings. The van der Waals surface area contributed by atoms with Crippen molar-refractivity contribution in [2.24, 2.45) is 0 Å². The lowest BCUT2D eigenvalue weighted by Gasteiger charge is -2.16. The van der Waals surface area contributed by atoms with E-state index in [9.17, 15) is 14.0 Å². The third-order valence-corrected chi connectivity index (χ3v) is 2.52. The number of hydrogen-bond donors (Lipinski definition) is 0. The molecule has 1 unspecified atom stereocenters. The number of Topliss-reactive ketones (excluding diaryl/α,β-unsaturated/α-hetero) is 1. The lowest BCUT2D eigenvalue weighted by Crippen LogP contribution is -2.28. The molecule has 0 aliphatic rings. The molecule has 0 radical (unpaired) electrons. The molecule has 0 bridgehead atoms. The van der Waals surface area contributed by atoms with E-state index in [1.807, 2.05) is 0 Å². The van der Waals surface area contributed by atoms with Crippen molar-refractivity contribution >= 4 is 11.8 Å². The molecule has 5 heteroatoms. The molecule has 0 aromatic heterocycles. The van der Waals surface area contributed by atoms with Gasteiger partial charge in [0, 0.05) is 6.07 Å². The summed E-state index contributed by atoms with van der Waals surface area (Å²) >= 11 is 0. The SMILES string of the molecule is CCOC(=O)C(CC)Oc1ccc(C(C)=O)c(F)c1. The van der Waals surface area contributed by atoms with Crippen LogP contribution < -0.4 is 4.74 Å². The van der Waals surface area contributed by atoms with E-state index in [1.54, 1.807) is 13.8 Å². The number of benzene rings is 1. The average molecular weight is 268 g/mol. The number of ether oxygens (including phenoxy) is 2. The molecule has 1 rings (SSSR count). The monoisotopic (exact) mass is 268 g/mol. The minimum absolute atomic E-state index is 0.00321. The van der Waals surface area contributed by atoms with Crippen LogP contribution in [0.3, 0.4) is 0 Å². The van der Waals surface area contributed by atoms with Crippen molar-refractivity contribution in [2.75, 3.05) is 6.61 Å². The minimum Gasteiger partial charge on any atom is -0.479 e. The molecule has 4 nitrogen and oxygen atoms in total. The highest BCUT2D eigenvalue weighted by Gasteiger charge is 2.20. The zero-order valence-corrected chi connectivity index (χ0v) is 11.2. The van der Waals surface area contributed by atoms with Crippen molar-refractivity contribution in [3.05, 3.63) is 29.6 Å². The van der Waals surface area contributed by atoms with E-state index < -0.39 is 17.9 Å². The van der Waals surface area contributed by atoms with Gasteiger partial charge in [-0.3, -0.25) is 4.79 Å². The number of hydrogen-bond acceptors (Lipinski definition) is 4. The fraction of sp³-hybridized carbons (Fsp3) is 0.429. The van der Waals surface area contributed by atoms with Crippen LogP contribution in [0.25, 0.3) is 0 Å². The second-order valence-corrected chi connectivity index (χ2v) is 3.96. The summed E-state index contributed by atoms with van der Waals surface area (Å²) in [4.78, 5) is 22.6. The predicted molar refractivity (Wildman–Crippen MR) is 67.7 cm³/mol. The maximum atomic E-state index is 13.6. The van der Waals surface area contributed by atoms with Gasteiger partial charge in [-0.2, -0.15) is 0 Å². The summed E-state index contributed by atoms with van der Waals surface area (Å²) in [6.45, 7) is 5.01. The van der Waals surface area contributed by atoms with Gasteiger partial charge in [0.05, 0.1) is 12.2 Å². The lowest BCUT2D eigenvalue weighted by molar-refractivity contribution is -0.151. The van der Waals surface area contributed by atoms with Crippen molar-refractivity contribution in [1.29, 1.82) is 0 Å². The Morgan fingerprint density at radius 2 is 2.00 bits per heavy atom. The number of rotatable bonds is 6. The van der Waals surface area contributed by atoms with Gasteiger partial charge >= 0.3 is 5.97 Å². The maximum Gasteiger partial charge on any atom is 0.347 e. The average Bonchev–Trinajstić information content (AvgIpc) is 2.35. The topological polar surface area (TPSA) is 52.6 Å². The molecule has 104 valence electrons. The van der Waals surface area contributed by atoms with Gasteiger partial charge in [0.2, 0.25) is 0 Å². The molecule has 0 N–H and O–H groups in total. The molecule has 19 heavy (non-hydrogen) atoms. The summed E-state index contributed by atoms with van der Waals surface area (Å²) in [7, 11) is 0. The summed E-state index contributed by atoms with van der Waals surface area (Å²) in [6, 6.07) is 3.89. The Bertz CT molecular complexity index is 471. The van der Waals surface area contributed by atoms with Crippen LogP contribution in [0, 0.1) is 5.82 Å². The molecule has 0 spiro atoms. The molecule has 1 aromatic rings. The quantitative estimate of drug-likeness (QED) is 0.588. The molecule has 0 amide bonds. The van der Waals surface area contributed by atoms with Gasteiger partial charge in [0.15, 0.2) is 11.9 Å². The van der Waals surface area contributed by atoms with E-state index in [1.165, 1.54) is 19.1 Å². The Kier molecular flexibility index (Phi) is 5.48. The van der Waals surface area contributed by atoms with Crippen molar-refractivity contribution in [2.45, 2.75) is 33.3 Å². The van der Waals surface area contributed by atoms with E-state index in [-0.39, 0.29) is 23.7 Å². The molecule has 0 saturated heterocycles. The molecule has 1 aromatic carbocycles. The summed E-state index contributed by atoms with van der Waals surface area (Å²) < 4.78 is 23.8. The van der Waals surface area contributed by atoms with Gasteiger partial charge in [-0.1, -0.05) is 6.92 Å². The second kappa shape index (κ2) is 6.87. The van der Waals surface area contributed by atoms with Crippen LogP contribution in [0.2, 0.25) is 0 Å². The third kappa shape index (κ3) is 4.05. The first-order valence-corrected chi connectivity index (χ1v) is 6.13. The Morgan fingerprint density at radius 1 is 1.32 bits per heavy atom. The molecular formula is C14H17FO4. The van der Waals surface area contributed by atoms with Crippen molar-refractivity contribution < 1.29 is 23.5 Å². The maximum absolute atomic E-state index is 13.6. The van der Waals surface area contributed by atoms with Crippen molar-refractivity contribution in [1.82, 2.24) is 0 Å². The van der Waals surface area contributed by atoms with Gasteiger partial charge in [-0.25, -0.2) is 9.18 Å². The van der Waals surface area contributed by atoms with Crippen LogP contribution in [0.15, 0.2) is 18.2 Å². The van der Waals surface area contributed by atoms with Crippen molar-refractivity contribution in [3.63, 3.8) is 0 Å². The first-order chi connectivity index (χ1) is 8.99. The van der Waals surface area contributed by atoms with E-state index in [2.05, 4.69) is 0 Å². The summed E-state index contributed by atoms with van der Waals surface area (Å²) in [5, 5.41) is 0. The number of esters is 1. The Morgan fingerprint density at radius 3 is 2.47 bits per heavy atom. The number of ketones is 1. The van der Waals surface area contributed by atoms with Crippen LogP contribution in [0.1, 0.15) is 37.6 Å². The van der Waals surface area contributed by atoms with Gasteiger partial charge in [0.25, 0.3) is 0 Å². The first-order valence-electron chi connectivity index (χ1n) is 6.13. The number of halogens is 1.